The Morgan fingerprint density at radius 3 is 2.24 bits per heavy atom. The number of rotatable bonds is 9. The number of aliphatic hydroxyl groups is 1. The van der Waals surface area contributed by atoms with Gasteiger partial charge in [0.15, 0.2) is 11.5 Å². The fourth-order valence-electron chi connectivity index (χ4n) is 4.22. The van der Waals surface area contributed by atoms with Crippen molar-refractivity contribution in [3.63, 3.8) is 0 Å². The topological polar surface area (TPSA) is 79.3 Å². The van der Waals surface area contributed by atoms with Crippen LogP contribution >= 0.6 is 0 Å². The summed E-state index contributed by atoms with van der Waals surface area (Å²) in [6, 6.07) is 12.1. The third-order valence-electron chi connectivity index (χ3n) is 6.12. The molecule has 7 heteroatoms. The van der Waals surface area contributed by atoms with Crippen LogP contribution in [0.3, 0.4) is 0 Å². The van der Waals surface area contributed by atoms with Crippen molar-refractivity contribution < 1.29 is 24.2 Å². The molecule has 0 spiro atoms. The predicted octanol–water partition coefficient (Wildman–Crippen LogP) is 4.20. The first kappa shape index (κ1) is 25.3. The molecule has 34 heavy (non-hydrogen) atoms. The molecule has 2 aromatic rings. The van der Waals surface area contributed by atoms with Gasteiger partial charge in [-0.25, -0.2) is 0 Å². The molecule has 0 saturated carbocycles. The summed E-state index contributed by atoms with van der Waals surface area (Å²) in [4.78, 5) is 29.9. The van der Waals surface area contributed by atoms with E-state index in [4.69, 9.17) is 9.47 Å². The van der Waals surface area contributed by atoms with Gasteiger partial charge in [0.25, 0.3) is 11.7 Å². The molecular weight excluding hydrogens is 432 g/mol. The molecule has 0 unspecified atom stereocenters. The number of benzene rings is 2. The number of methoxy groups -OCH3 is 2. The highest BCUT2D eigenvalue weighted by Crippen LogP contribution is 2.41. The summed E-state index contributed by atoms with van der Waals surface area (Å²) < 4.78 is 10.6. The van der Waals surface area contributed by atoms with Gasteiger partial charge in [0.1, 0.15) is 5.76 Å². The first-order valence-corrected chi connectivity index (χ1v) is 11.4. The van der Waals surface area contributed by atoms with Gasteiger partial charge in [-0.1, -0.05) is 38.1 Å². The van der Waals surface area contributed by atoms with Crippen molar-refractivity contribution in [3.05, 3.63) is 64.7 Å². The van der Waals surface area contributed by atoms with E-state index in [-0.39, 0.29) is 11.3 Å². The second-order valence-electron chi connectivity index (χ2n) is 9.04. The minimum atomic E-state index is -0.685. The summed E-state index contributed by atoms with van der Waals surface area (Å²) in [5, 5.41) is 11.3. The maximum atomic E-state index is 13.2. The van der Waals surface area contributed by atoms with Crippen molar-refractivity contribution in [2.75, 3.05) is 41.4 Å². The molecule has 0 bridgehead atoms. The number of ketones is 1. The van der Waals surface area contributed by atoms with Gasteiger partial charge in [0, 0.05) is 12.1 Å². The van der Waals surface area contributed by atoms with Crippen LogP contribution in [0.2, 0.25) is 0 Å². The minimum absolute atomic E-state index is 0.0827. The number of carbonyl (C=O) groups excluding carboxylic acids is 2. The van der Waals surface area contributed by atoms with Crippen molar-refractivity contribution >= 4 is 17.4 Å². The molecule has 0 aromatic heterocycles. The lowest BCUT2D eigenvalue weighted by Gasteiger charge is -2.26. The smallest absolute Gasteiger partial charge is 0.295 e. The lowest BCUT2D eigenvalue weighted by atomic mass is 9.93. The van der Waals surface area contributed by atoms with Crippen LogP contribution in [0, 0.1) is 0 Å². The Hall–Kier alpha value is -3.32. The van der Waals surface area contributed by atoms with Crippen LogP contribution in [-0.2, 0) is 9.59 Å². The summed E-state index contributed by atoms with van der Waals surface area (Å²) in [5.74, 6) is -0.234. The van der Waals surface area contributed by atoms with Crippen molar-refractivity contribution in [3.8, 4) is 11.5 Å². The Bertz CT molecular complexity index is 1070. The summed E-state index contributed by atoms with van der Waals surface area (Å²) in [6.45, 7) is 5.40. The van der Waals surface area contributed by atoms with E-state index < -0.39 is 17.7 Å². The first-order valence-electron chi connectivity index (χ1n) is 11.4. The zero-order chi connectivity index (χ0) is 25.0. The van der Waals surface area contributed by atoms with E-state index in [2.05, 4.69) is 13.8 Å². The third-order valence-corrected chi connectivity index (χ3v) is 6.12. The number of likely N-dealkylation sites (tertiary alicyclic amines) is 1. The Morgan fingerprint density at radius 1 is 1.03 bits per heavy atom. The molecule has 1 atom stereocenters. The number of nitrogens with zero attached hydrogens (tertiary/aromatic N) is 2. The van der Waals surface area contributed by atoms with Crippen LogP contribution in [0.25, 0.3) is 5.76 Å². The molecule has 182 valence electrons. The molecule has 1 heterocycles. The Kier molecular flexibility index (Phi) is 7.99. The van der Waals surface area contributed by atoms with Crippen LogP contribution in [0.4, 0.5) is 0 Å². The fraction of sp³-hybridized carbons (Fsp3) is 0.407. The van der Waals surface area contributed by atoms with Crippen molar-refractivity contribution in [1.82, 2.24) is 9.80 Å². The van der Waals surface area contributed by atoms with E-state index in [1.165, 1.54) is 14.2 Å². The van der Waals surface area contributed by atoms with Gasteiger partial charge in [-0.05, 0) is 62.3 Å². The monoisotopic (exact) mass is 466 g/mol. The standard InChI is InChI=1S/C27H34N2O5/c1-17(2)18-8-10-19(11-9-18)24-23(26(31)27(32)29(24)15-7-14-28(3)4)25(30)20-12-13-21(33-5)22(16-20)34-6/h8-13,16-17,24,30H,7,14-15H2,1-6H3/t24-/m0/s1. The van der Waals surface area contributed by atoms with Gasteiger partial charge in [0.2, 0.25) is 0 Å². The fourth-order valence-corrected chi connectivity index (χ4v) is 4.22. The van der Waals surface area contributed by atoms with Gasteiger partial charge in [0.05, 0.1) is 25.8 Å². The molecule has 1 amide bonds. The number of amides is 1. The quantitative estimate of drug-likeness (QED) is 0.339. The maximum absolute atomic E-state index is 13.2. The number of aliphatic hydroxyl groups excluding tert-OH is 1. The molecule has 0 aliphatic carbocycles. The number of Topliss-reactive ketones (excluding diaryl/α,β-unsaturated/α-hetero) is 1. The Labute approximate surface area is 201 Å². The molecule has 1 aliphatic heterocycles. The number of ether oxygens (including phenoxy) is 2. The number of hydrogen-bond acceptors (Lipinski definition) is 6. The third kappa shape index (κ3) is 5.09. The second kappa shape index (κ2) is 10.7. The van der Waals surface area contributed by atoms with Crippen LogP contribution in [0.5, 0.6) is 11.5 Å². The highest BCUT2D eigenvalue weighted by Gasteiger charge is 2.45. The Morgan fingerprint density at radius 2 is 1.68 bits per heavy atom. The normalized spacial score (nSPS) is 17.6. The van der Waals surface area contributed by atoms with Crippen molar-refractivity contribution in [1.29, 1.82) is 0 Å². The average molecular weight is 467 g/mol. The van der Waals surface area contributed by atoms with E-state index in [1.807, 2.05) is 43.3 Å². The molecule has 1 saturated heterocycles. The number of hydrogen-bond donors (Lipinski definition) is 1. The second-order valence-corrected chi connectivity index (χ2v) is 9.04. The molecule has 3 rings (SSSR count). The van der Waals surface area contributed by atoms with Gasteiger partial charge in [-0.15, -0.1) is 0 Å². The first-order chi connectivity index (χ1) is 16.2. The van der Waals surface area contributed by atoms with Gasteiger partial charge < -0.3 is 24.4 Å². The maximum Gasteiger partial charge on any atom is 0.295 e. The molecule has 2 aromatic carbocycles. The van der Waals surface area contributed by atoms with E-state index in [1.54, 1.807) is 23.1 Å². The van der Waals surface area contributed by atoms with Crippen LogP contribution < -0.4 is 9.47 Å². The molecule has 7 nitrogen and oxygen atoms in total. The van der Waals surface area contributed by atoms with E-state index in [0.717, 1.165) is 17.7 Å². The number of carbonyl (C=O) groups is 2. The molecule has 0 radical (unpaired) electrons. The summed E-state index contributed by atoms with van der Waals surface area (Å²) in [5.41, 5.74) is 2.41. The highest BCUT2D eigenvalue weighted by molar-refractivity contribution is 6.46. The van der Waals surface area contributed by atoms with Crippen molar-refractivity contribution in [2.24, 2.45) is 0 Å². The van der Waals surface area contributed by atoms with Crippen molar-refractivity contribution in [2.45, 2.75) is 32.2 Å². The highest BCUT2D eigenvalue weighted by atomic mass is 16.5. The van der Waals surface area contributed by atoms with Gasteiger partial charge >= 0.3 is 0 Å². The van der Waals surface area contributed by atoms with E-state index in [9.17, 15) is 14.7 Å². The van der Waals surface area contributed by atoms with Crippen LogP contribution in [0.15, 0.2) is 48.0 Å². The molecule has 1 N–H and O–H groups in total. The molecule has 1 fully saturated rings. The predicted molar refractivity (Wildman–Crippen MR) is 132 cm³/mol. The van der Waals surface area contributed by atoms with E-state index >= 15 is 0 Å². The summed E-state index contributed by atoms with van der Waals surface area (Å²) in [7, 11) is 6.96. The SMILES string of the molecule is COc1ccc(C(O)=C2C(=O)C(=O)N(CCCN(C)C)[C@H]2c2ccc(C(C)C)cc2)cc1OC. The molecular formula is C27H34N2O5. The van der Waals surface area contributed by atoms with Gasteiger partial charge in [-0.2, -0.15) is 0 Å². The van der Waals surface area contributed by atoms with Gasteiger partial charge in [-0.3, -0.25) is 9.59 Å². The Balaban J connectivity index is 2.12. The molecule has 1 aliphatic rings. The lowest BCUT2D eigenvalue weighted by molar-refractivity contribution is -0.139. The largest absolute Gasteiger partial charge is 0.507 e. The minimum Gasteiger partial charge on any atom is -0.507 e. The zero-order valence-electron chi connectivity index (χ0n) is 20.8. The lowest BCUT2D eigenvalue weighted by Crippen LogP contribution is -2.32. The van der Waals surface area contributed by atoms with Crippen LogP contribution in [0.1, 0.15) is 48.9 Å². The zero-order valence-corrected chi connectivity index (χ0v) is 20.8. The summed E-state index contributed by atoms with van der Waals surface area (Å²) >= 11 is 0. The van der Waals surface area contributed by atoms with E-state index in [0.29, 0.717) is 35.9 Å². The average Bonchev–Trinajstić information content (AvgIpc) is 3.07. The van der Waals surface area contributed by atoms with Crippen LogP contribution in [-0.4, -0.2) is 68.0 Å². The summed E-state index contributed by atoms with van der Waals surface area (Å²) in [6.07, 6.45) is 0.705.